The molecule has 1 aromatic rings. The Balaban J connectivity index is 1.52. The molecule has 6 heteroatoms. The second kappa shape index (κ2) is 7.05. The Morgan fingerprint density at radius 1 is 1.33 bits per heavy atom. The van der Waals surface area contributed by atoms with Gasteiger partial charge in [-0.05, 0) is 36.8 Å². The predicted molar refractivity (Wildman–Crippen MR) is 87.4 cm³/mol. The molecule has 2 heterocycles. The van der Waals surface area contributed by atoms with Gasteiger partial charge in [0.15, 0.2) is 0 Å². The third-order valence-electron chi connectivity index (χ3n) is 5.04. The minimum absolute atomic E-state index is 0.178. The number of alkyl halides is 2. The van der Waals surface area contributed by atoms with Crippen LogP contribution in [-0.2, 0) is 11.2 Å². The third-order valence-corrected chi connectivity index (χ3v) is 5.04. The molecule has 2 fully saturated rings. The van der Waals surface area contributed by atoms with E-state index in [2.05, 4.69) is 11.4 Å². The highest BCUT2D eigenvalue weighted by atomic mass is 19.3. The number of nitrogens with zero attached hydrogens (tertiary/aromatic N) is 1. The summed E-state index contributed by atoms with van der Waals surface area (Å²) < 4.78 is 31.9. The van der Waals surface area contributed by atoms with Crippen LogP contribution in [0.4, 0.5) is 8.78 Å². The van der Waals surface area contributed by atoms with E-state index >= 15 is 0 Å². The number of para-hydroxylation sites is 1. The first-order valence-corrected chi connectivity index (χ1v) is 8.50. The number of amides is 1. The van der Waals surface area contributed by atoms with Crippen LogP contribution < -0.4 is 10.1 Å². The fraction of sp³-hybridized carbons (Fsp3) is 0.611. The first-order chi connectivity index (χ1) is 11.5. The van der Waals surface area contributed by atoms with Crippen molar-refractivity contribution in [2.75, 3.05) is 26.7 Å². The Labute approximate surface area is 141 Å². The van der Waals surface area contributed by atoms with E-state index in [4.69, 9.17) is 4.74 Å². The molecule has 0 saturated carbocycles. The molecule has 1 atom stereocenters. The van der Waals surface area contributed by atoms with Crippen molar-refractivity contribution < 1.29 is 18.3 Å². The monoisotopic (exact) mass is 338 g/mol. The summed E-state index contributed by atoms with van der Waals surface area (Å²) in [5, 5.41) is 2.65. The molecular weight excluding hydrogens is 314 g/mol. The molecule has 24 heavy (non-hydrogen) atoms. The molecule has 4 nitrogen and oxygen atoms in total. The highest BCUT2D eigenvalue weighted by molar-refractivity contribution is 5.82. The lowest BCUT2D eigenvalue weighted by atomic mass is 9.89. The molecule has 0 aromatic heterocycles. The molecule has 0 radical (unpaired) electrons. The van der Waals surface area contributed by atoms with E-state index in [1.807, 2.05) is 18.2 Å². The number of halogens is 2. The van der Waals surface area contributed by atoms with Crippen LogP contribution >= 0.6 is 0 Å². The van der Waals surface area contributed by atoms with Gasteiger partial charge in [-0.15, -0.1) is 0 Å². The lowest BCUT2D eigenvalue weighted by Crippen LogP contribution is -2.47. The van der Waals surface area contributed by atoms with Gasteiger partial charge < -0.3 is 9.64 Å². The summed E-state index contributed by atoms with van der Waals surface area (Å²) in [7, 11) is 1.67. The van der Waals surface area contributed by atoms with Crippen LogP contribution in [0.1, 0.15) is 24.8 Å². The summed E-state index contributed by atoms with van der Waals surface area (Å²) in [6.45, 7) is 0.887. The Bertz CT molecular complexity index is 586. The molecule has 1 N–H and O–H groups in total. The molecular formula is C18H24F2N2O2. The molecule has 2 aliphatic rings. The Kier molecular flexibility index (Phi) is 5.04. The molecule has 1 aromatic carbocycles. The first kappa shape index (κ1) is 17.1. The van der Waals surface area contributed by atoms with E-state index in [1.54, 1.807) is 12.0 Å². The van der Waals surface area contributed by atoms with Crippen molar-refractivity contribution in [1.82, 2.24) is 10.2 Å². The average molecular weight is 338 g/mol. The molecule has 1 amide bonds. The number of hydrogen-bond donors (Lipinski definition) is 1. The Morgan fingerprint density at radius 2 is 2.04 bits per heavy atom. The van der Waals surface area contributed by atoms with Gasteiger partial charge in [-0.3, -0.25) is 10.1 Å². The molecule has 2 saturated heterocycles. The van der Waals surface area contributed by atoms with Crippen LogP contribution in [0.2, 0.25) is 0 Å². The Hall–Kier alpha value is -1.69. The highest BCUT2D eigenvalue weighted by Gasteiger charge is 2.43. The lowest BCUT2D eigenvalue weighted by Gasteiger charge is -2.33. The van der Waals surface area contributed by atoms with Crippen molar-refractivity contribution in [3.63, 3.8) is 0 Å². The van der Waals surface area contributed by atoms with Crippen molar-refractivity contribution in [3.05, 3.63) is 29.8 Å². The maximum absolute atomic E-state index is 13.3. The summed E-state index contributed by atoms with van der Waals surface area (Å²) in [6, 6.07) is 7.25. The summed E-state index contributed by atoms with van der Waals surface area (Å²) in [6.07, 6.45) is 2.33. The Morgan fingerprint density at radius 3 is 2.67 bits per heavy atom. The maximum atomic E-state index is 13.3. The zero-order valence-corrected chi connectivity index (χ0v) is 13.9. The van der Waals surface area contributed by atoms with Crippen molar-refractivity contribution >= 4 is 5.91 Å². The second-order valence-corrected chi connectivity index (χ2v) is 6.78. The number of nitrogens with one attached hydrogen (secondary N) is 1. The third kappa shape index (κ3) is 3.86. The van der Waals surface area contributed by atoms with Crippen molar-refractivity contribution in [1.29, 1.82) is 0 Å². The smallest absolute Gasteiger partial charge is 0.262 e. The van der Waals surface area contributed by atoms with E-state index in [1.165, 1.54) is 5.56 Å². The predicted octanol–water partition coefficient (Wildman–Crippen LogP) is 2.47. The minimum atomic E-state index is -2.76. The van der Waals surface area contributed by atoms with Crippen LogP contribution in [0.25, 0.3) is 0 Å². The number of rotatable bonds is 4. The number of carbonyl (C=O) groups excluding carboxylic acids is 1. The lowest BCUT2D eigenvalue weighted by molar-refractivity contribution is -0.135. The summed E-state index contributed by atoms with van der Waals surface area (Å²) >= 11 is 0. The number of benzene rings is 1. The van der Waals surface area contributed by atoms with Crippen LogP contribution in [-0.4, -0.2) is 49.5 Å². The molecule has 0 spiro atoms. The van der Waals surface area contributed by atoms with Crippen molar-refractivity contribution in [2.24, 2.45) is 5.92 Å². The number of carbonyl (C=O) groups is 1. The normalized spacial score (nSPS) is 24.1. The highest BCUT2D eigenvalue weighted by Crippen LogP contribution is 2.29. The molecule has 2 aliphatic heterocycles. The zero-order valence-electron chi connectivity index (χ0n) is 13.9. The zero-order chi connectivity index (χ0) is 17.2. The number of methoxy groups -OCH3 is 1. The molecule has 3 rings (SSSR count). The summed E-state index contributed by atoms with van der Waals surface area (Å²) in [4.78, 5) is 14.1. The van der Waals surface area contributed by atoms with E-state index < -0.39 is 18.5 Å². The topological polar surface area (TPSA) is 41.6 Å². The van der Waals surface area contributed by atoms with Crippen molar-refractivity contribution in [3.8, 4) is 5.75 Å². The van der Waals surface area contributed by atoms with Gasteiger partial charge in [-0.1, -0.05) is 18.2 Å². The molecule has 0 bridgehead atoms. The minimum Gasteiger partial charge on any atom is -0.496 e. The van der Waals surface area contributed by atoms with Gasteiger partial charge in [0, 0.05) is 19.5 Å². The molecule has 0 aliphatic carbocycles. The summed E-state index contributed by atoms with van der Waals surface area (Å²) in [5.74, 6) is -1.55. The molecule has 132 valence electrons. The van der Waals surface area contributed by atoms with Gasteiger partial charge in [-0.25, -0.2) is 8.78 Å². The fourth-order valence-corrected chi connectivity index (χ4v) is 3.65. The number of ether oxygens (including phenoxy) is 1. The second-order valence-electron chi connectivity index (χ2n) is 6.78. The van der Waals surface area contributed by atoms with Crippen LogP contribution in [0.3, 0.4) is 0 Å². The van der Waals surface area contributed by atoms with Gasteiger partial charge in [-0.2, -0.15) is 0 Å². The van der Waals surface area contributed by atoms with Crippen molar-refractivity contribution in [2.45, 2.75) is 37.6 Å². The van der Waals surface area contributed by atoms with E-state index in [-0.39, 0.29) is 12.3 Å². The quantitative estimate of drug-likeness (QED) is 0.917. The summed E-state index contributed by atoms with van der Waals surface area (Å²) in [5.41, 5.74) is 1.18. The van der Waals surface area contributed by atoms with Gasteiger partial charge in [0.05, 0.1) is 19.7 Å². The number of hydrogen-bond acceptors (Lipinski definition) is 3. The molecule has 1 unspecified atom stereocenters. The largest absolute Gasteiger partial charge is 0.496 e. The van der Waals surface area contributed by atoms with E-state index in [0.29, 0.717) is 19.0 Å². The van der Waals surface area contributed by atoms with Gasteiger partial charge in [0.1, 0.15) is 5.75 Å². The van der Waals surface area contributed by atoms with Crippen LogP contribution in [0.5, 0.6) is 5.75 Å². The van der Waals surface area contributed by atoms with E-state index in [0.717, 1.165) is 25.0 Å². The fourth-order valence-electron chi connectivity index (χ4n) is 3.65. The first-order valence-electron chi connectivity index (χ1n) is 8.50. The van der Waals surface area contributed by atoms with Gasteiger partial charge >= 0.3 is 0 Å². The average Bonchev–Trinajstić information content (AvgIpc) is 2.95. The van der Waals surface area contributed by atoms with Crippen LogP contribution in [0, 0.1) is 5.92 Å². The number of likely N-dealkylation sites (tertiary alicyclic amines) is 1. The number of piperidine rings is 1. The SMILES string of the molecule is COc1ccccc1CC1CCN(C(=O)C2CC(F)(F)CN2)CC1. The van der Waals surface area contributed by atoms with E-state index in [9.17, 15) is 13.6 Å². The standard InChI is InChI=1S/C18H24F2N2O2/c1-24-16-5-3-2-4-14(16)10-13-6-8-22(9-7-13)17(23)15-11-18(19,20)12-21-15/h2-5,13,15,21H,6-12H2,1H3. The van der Waals surface area contributed by atoms with Gasteiger partial charge in [0.2, 0.25) is 5.91 Å². The van der Waals surface area contributed by atoms with Gasteiger partial charge in [0.25, 0.3) is 5.92 Å². The van der Waals surface area contributed by atoms with Crippen LogP contribution in [0.15, 0.2) is 24.3 Å². The maximum Gasteiger partial charge on any atom is 0.262 e.